The van der Waals surface area contributed by atoms with E-state index in [0.29, 0.717) is 5.82 Å². The number of nitrogens with one attached hydrogen (secondary N) is 2. The number of anilines is 1. The molecule has 6 nitrogen and oxygen atoms in total. The molecule has 120 valence electrons. The van der Waals surface area contributed by atoms with Gasteiger partial charge in [-0.15, -0.1) is 0 Å². The van der Waals surface area contributed by atoms with Crippen molar-refractivity contribution in [3.05, 3.63) is 36.7 Å². The van der Waals surface area contributed by atoms with Crippen molar-refractivity contribution in [1.29, 1.82) is 0 Å². The molecule has 0 radical (unpaired) electrons. The highest BCUT2D eigenvalue weighted by Gasteiger charge is 2.21. The first-order chi connectivity index (χ1) is 11.3. The molecular formula is C17H20N4O2. The normalized spacial score (nSPS) is 18.0. The van der Waals surface area contributed by atoms with Gasteiger partial charge in [0.15, 0.2) is 0 Å². The molecule has 1 unspecified atom stereocenters. The molecular weight excluding hydrogens is 292 g/mol. The molecule has 1 atom stereocenters. The van der Waals surface area contributed by atoms with E-state index in [4.69, 9.17) is 4.74 Å². The summed E-state index contributed by atoms with van der Waals surface area (Å²) in [7, 11) is 1.63. The molecule has 0 bridgehead atoms. The minimum absolute atomic E-state index is 0.0277. The summed E-state index contributed by atoms with van der Waals surface area (Å²) in [4.78, 5) is 20.6. The predicted molar refractivity (Wildman–Crippen MR) is 88.3 cm³/mol. The number of para-hydroxylation sites is 1. The summed E-state index contributed by atoms with van der Waals surface area (Å²) in [6.07, 6.45) is 4.33. The molecule has 0 aliphatic carbocycles. The highest BCUT2D eigenvalue weighted by atomic mass is 16.5. The van der Waals surface area contributed by atoms with Crippen LogP contribution in [0.25, 0.3) is 11.3 Å². The Morgan fingerprint density at radius 1 is 1.26 bits per heavy atom. The number of hydrogen-bond donors (Lipinski definition) is 2. The number of carbonyl (C=O) groups excluding carboxylic acids is 1. The van der Waals surface area contributed by atoms with Crippen LogP contribution in [0.5, 0.6) is 5.75 Å². The molecule has 2 aromatic rings. The standard InChI is InChI=1S/C17H20N4O2/c1-23-15-8-3-2-6-12(15)14-10-16(20-11-19-14)21-13-7-4-5-9-18-17(13)22/h2-3,6,8,10-11,13H,4-5,7,9H2,1H3,(H,18,22)(H,19,20,21). The number of carbonyl (C=O) groups is 1. The Labute approximate surface area is 135 Å². The highest BCUT2D eigenvalue weighted by molar-refractivity contribution is 5.84. The molecule has 3 rings (SSSR count). The number of amides is 1. The van der Waals surface area contributed by atoms with Gasteiger partial charge in [-0.3, -0.25) is 4.79 Å². The Balaban J connectivity index is 1.83. The van der Waals surface area contributed by atoms with Crippen LogP contribution in [0.1, 0.15) is 19.3 Å². The van der Waals surface area contributed by atoms with Crippen LogP contribution in [0.15, 0.2) is 36.7 Å². The largest absolute Gasteiger partial charge is 0.496 e. The summed E-state index contributed by atoms with van der Waals surface area (Å²) in [6, 6.07) is 9.28. The van der Waals surface area contributed by atoms with Gasteiger partial charge in [-0.2, -0.15) is 0 Å². The molecule has 1 aliphatic rings. The van der Waals surface area contributed by atoms with Gasteiger partial charge in [-0.25, -0.2) is 9.97 Å². The molecule has 2 N–H and O–H groups in total. The minimum Gasteiger partial charge on any atom is -0.496 e. The van der Waals surface area contributed by atoms with Gasteiger partial charge in [0, 0.05) is 18.2 Å². The number of benzene rings is 1. The van der Waals surface area contributed by atoms with Gasteiger partial charge in [-0.05, 0) is 31.4 Å². The summed E-state index contributed by atoms with van der Waals surface area (Å²) in [5.74, 6) is 1.42. The molecule has 2 heterocycles. The van der Waals surface area contributed by atoms with Crippen molar-refractivity contribution in [3.63, 3.8) is 0 Å². The molecule has 1 aromatic heterocycles. The monoisotopic (exact) mass is 312 g/mol. The van der Waals surface area contributed by atoms with Crippen LogP contribution in [0.4, 0.5) is 5.82 Å². The van der Waals surface area contributed by atoms with Crippen molar-refractivity contribution in [1.82, 2.24) is 15.3 Å². The molecule has 1 saturated heterocycles. The second kappa shape index (κ2) is 7.09. The Morgan fingerprint density at radius 2 is 2.13 bits per heavy atom. The number of methoxy groups -OCH3 is 1. The van der Waals surface area contributed by atoms with Crippen LogP contribution in [0, 0.1) is 0 Å². The third kappa shape index (κ3) is 3.59. The molecule has 1 aliphatic heterocycles. The maximum atomic E-state index is 12.0. The fourth-order valence-electron chi connectivity index (χ4n) is 2.70. The fourth-order valence-corrected chi connectivity index (χ4v) is 2.70. The van der Waals surface area contributed by atoms with E-state index in [-0.39, 0.29) is 11.9 Å². The first-order valence-corrected chi connectivity index (χ1v) is 7.77. The van der Waals surface area contributed by atoms with Gasteiger partial charge in [0.2, 0.25) is 5.91 Å². The van der Waals surface area contributed by atoms with Crippen LogP contribution in [-0.4, -0.2) is 35.6 Å². The predicted octanol–water partition coefficient (Wildman–Crippen LogP) is 2.23. The van der Waals surface area contributed by atoms with E-state index < -0.39 is 0 Å². The Morgan fingerprint density at radius 3 is 3.00 bits per heavy atom. The second-order valence-electron chi connectivity index (χ2n) is 5.47. The Kier molecular flexibility index (Phi) is 4.71. The van der Waals surface area contributed by atoms with Crippen LogP contribution < -0.4 is 15.4 Å². The fraction of sp³-hybridized carbons (Fsp3) is 0.353. The Bertz CT molecular complexity index is 690. The Hall–Kier alpha value is -2.63. The maximum absolute atomic E-state index is 12.0. The molecule has 0 spiro atoms. The van der Waals surface area contributed by atoms with Gasteiger partial charge in [0.25, 0.3) is 0 Å². The number of rotatable bonds is 4. The number of nitrogens with zero attached hydrogens (tertiary/aromatic N) is 2. The average Bonchev–Trinajstić information content (AvgIpc) is 2.80. The lowest BCUT2D eigenvalue weighted by molar-refractivity contribution is -0.121. The molecule has 0 saturated carbocycles. The van der Waals surface area contributed by atoms with E-state index in [0.717, 1.165) is 42.8 Å². The smallest absolute Gasteiger partial charge is 0.242 e. The molecule has 1 fully saturated rings. The number of ether oxygens (including phenoxy) is 1. The minimum atomic E-state index is -0.252. The van der Waals surface area contributed by atoms with Gasteiger partial charge in [-0.1, -0.05) is 12.1 Å². The quantitative estimate of drug-likeness (QED) is 0.905. The van der Waals surface area contributed by atoms with Crippen molar-refractivity contribution in [2.45, 2.75) is 25.3 Å². The molecule has 1 aromatic carbocycles. The summed E-state index contributed by atoms with van der Waals surface area (Å²) in [5.41, 5.74) is 1.65. The first kappa shape index (κ1) is 15.3. The van der Waals surface area contributed by atoms with Gasteiger partial charge >= 0.3 is 0 Å². The van der Waals surface area contributed by atoms with Crippen molar-refractivity contribution in [2.75, 3.05) is 19.0 Å². The summed E-state index contributed by atoms with van der Waals surface area (Å²) in [6.45, 7) is 0.743. The SMILES string of the molecule is COc1ccccc1-c1cc(NC2CCCCNC2=O)ncn1. The third-order valence-corrected chi connectivity index (χ3v) is 3.91. The topological polar surface area (TPSA) is 76.1 Å². The number of aromatic nitrogens is 2. The zero-order valence-corrected chi connectivity index (χ0v) is 13.1. The second-order valence-corrected chi connectivity index (χ2v) is 5.47. The van der Waals surface area contributed by atoms with Crippen molar-refractivity contribution < 1.29 is 9.53 Å². The lowest BCUT2D eigenvalue weighted by atomic mass is 10.1. The van der Waals surface area contributed by atoms with E-state index in [2.05, 4.69) is 20.6 Å². The lowest BCUT2D eigenvalue weighted by Gasteiger charge is -2.16. The number of hydrogen-bond acceptors (Lipinski definition) is 5. The highest BCUT2D eigenvalue weighted by Crippen LogP contribution is 2.28. The average molecular weight is 312 g/mol. The lowest BCUT2D eigenvalue weighted by Crippen LogP contribution is -2.38. The zero-order valence-electron chi connectivity index (χ0n) is 13.1. The third-order valence-electron chi connectivity index (χ3n) is 3.91. The van der Waals surface area contributed by atoms with Crippen LogP contribution in [0.3, 0.4) is 0 Å². The van der Waals surface area contributed by atoms with E-state index in [1.165, 1.54) is 6.33 Å². The van der Waals surface area contributed by atoms with Gasteiger partial charge < -0.3 is 15.4 Å². The van der Waals surface area contributed by atoms with E-state index in [1.54, 1.807) is 7.11 Å². The molecule has 6 heteroatoms. The van der Waals surface area contributed by atoms with E-state index in [1.807, 2.05) is 30.3 Å². The first-order valence-electron chi connectivity index (χ1n) is 7.77. The van der Waals surface area contributed by atoms with Crippen molar-refractivity contribution >= 4 is 11.7 Å². The van der Waals surface area contributed by atoms with Gasteiger partial charge in [0.05, 0.1) is 12.8 Å². The summed E-state index contributed by atoms with van der Waals surface area (Å²) >= 11 is 0. The maximum Gasteiger partial charge on any atom is 0.242 e. The summed E-state index contributed by atoms with van der Waals surface area (Å²) in [5, 5.41) is 6.13. The van der Waals surface area contributed by atoms with Crippen molar-refractivity contribution in [3.8, 4) is 17.0 Å². The summed E-state index contributed by atoms with van der Waals surface area (Å²) < 4.78 is 5.38. The van der Waals surface area contributed by atoms with Crippen LogP contribution in [-0.2, 0) is 4.79 Å². The van der Waals surface area contributed by atoms with Crippen LogP contribution >= 0.6 is 0 Å². The van der Waals surface area contributed by atoms with Crippen molar-refractivity contribution in [2.24, 2.45) is 0 Å². The van der Waals surface area contributed by atoms with E-state index in [9.17, 15) is 4.79 Å². The zero-order chi connectivity index (χ0) is 16.1. The van der Waals surface area contributed by atoms with Gasteiger partial charge in [0.1, 0.15) is 23.9 Å². The van der Waals surface area contributed by atoms with E-state index >= 15 is 0 Å². The molecule has 1 amide bonds. The van der Waals surface area contributed by atoms with Crippen LogP contribution in [0.2, 0.25) is 0 Å². The molecule has 23 heavy (non-hydrogen) atoms.